The minimum atomic E-state index is -4.44. The third-order valence-corrected chi connectivity index (χ3v) is 4.62. The minimum Gasteiger partial charge on any atom is -0.365 e. The number of aliphatic imine (C=N–C) groups is 1. The van der Waals surface area contributed by atoms with Crippen molar-refractivity contribution in [3.63, 3.8) is 0 Å². The molecule has 1 fully saturated rings. The van der Waals surface area contributed by atoms with E-state index in [-0.39, 0.29) is 18.0 Å². The molecule has 0 radical (unpaired) electrons. The summed E-state index contributed by atoms with van der Waals surface area (Å²) in [6.07, 6.45) is -1.63. The molecule has 152 valence electrons. The van der Waals surface area contributed by atoms with Gasteiger partial charge in [0.05, 0.1) is 17.8 Å². The highest BCUT2D eigenvalue weighted by atomic mass is 19.4. The van der Waals surface area contributed by atoms with E-state index >= 15 is 0 Å². The van der Waals surface area contributed by atoms with Crippen LogP contribution in [0.4, 0.5) is 13.2 Å². The number of halogens is 3. The van der Waals surface area contributed by atoms with Crippen LogP contribution in [0.15, 0.2) is 45.9 Å². The molecular weight excluding hydrogens is 369 g/mol. The van der Waals surface area contributed by atoms with Gasteiger partial charge in [0, 0.05) is 22.9 Å². The van der Waals surface area contributed by atoms with Crippen LogP contribution in [0.1, 0.15) is 51.8 Å². The maximum Gasteiger partial charge on any atom is 0.417 e. The molecule has 1 amide bonds. The predicted molar refractivity (Wildman–Crippen MR) is 102 cm³/mol. The number of allylic oxidation sites excluding steroid dienone is 1. The summed E-state index contributed by atoms with van der Waals surface area (Å²) in [4.78, 5) is 20.5. The van der Waals surface area contributed by atoms with Gasteiger partial charge in [0.1, 0.15) is 5.82 Å². The fraction of sp³-hybridized carbons (Fsp3) is 0.450. The number of aromatic nitrogens is 1. The molecule has 1 aromatic heterocycles. The number of hydrogen-bond donors (Lipinski definition) is 2. The number of hydrogen-bond acceptors (Lipinski definition) is 4. The Kier molecular flexibility index (Phi) is 6.31. The monoisotopic (exact) mass is 394 g/mol. The number of amides is 1. The lowest BCUT2D eigenvalue weighted by Gasteiger charge is -2.18. The molecule has 0 aliphatic heterocycles. The van der Waals surface area contributed by atoms with Crippen LogP contribution in [0.25, 0.3) is 0 Å². The van der Waals surface area contributed by atoms with E-state index in [1.165, 1.54) is 6.07 Å². The molecule has 0 aromatic carbocycles. The first-order chi connectivity index (χ1) is 13.0. The van der Waals surface area contributed by atoms with Gasteiger partial charge in [-0.3, -0.25) is 9.78 Å². The number of pyridine rings is 1. The second kappa shape index (κ2) is 8.16. The first kappa shape index (κ1) is 21.7. The molecule has 28 heavy (non-hydrogen) atoms. The number of nitrogens with one attached hydrogen (secondary N) is 2. The first-order valence-corrected chi connectivity index (χ1v) is 8.91. The Labute approximate surface area is 162 Å². The molecule has 5 nitrogen and oxygen atoms in total. The van der Waals surface area contributed by atoms with Gasteiger partial charge in [-0.1, -0.05) is 5.57 Å². The number of carbonyl (C=O) groups is 1. The average molecular weight is 394 g/mol. The summed E-state index contributed by atoms with van der Waals surface area (Å²) in [7, 11) is 0. The zero-order valence-corrected chi connectivity index (χ0v) is 16.5. The first-order valence-electron chi connectivity index (χ1n) is 8.91. The molecule has 2 rings (SSSR count). The fourth-order valence-corrected chi connectivity index (χ4v) is 2.70. The molecular formula is C20H25F3N4O. The van der Waals surface area contributed by atoms with Crippen LogP contribution in [0.2, 0.25) is 0 Å². The Morgan fingerprint density at radius 3 is 2.36 bits per heavy atom. The molecule has 1 heterocycles. The molecule has 0 bridgehead atoms. The van der Waals surface area contributed by atoms with Crippen LogP contribution >= 0.6 is 0 Å². The molecule has 0 saturated heterocycles. The van der Waals surface area contributed by atoms with Gasteiger partial charge in [0.25, 0.3) is 5.91 Å². The quantitative estimate of drug-likeness (QED) is 0.415. The van der Waals surface area contributed by atoms with E-state index < -0.39 is 11.7 Å². The molecule has 1 aliphatic rings. The highest BCUT2D eigenvalue weighted by molar-refractivity contribution is 5.98. The number of alkyl halides is 3. The van der Waals surface area contributed by atoms with E-state index in [0.717, 1.165) is 30.7 Å². The molecule has 2 N–H and O–H groups in total. The van der Waals surface area contributed by atoms with Crippen molar-refractivity contribution in [3.8, 4) is 0 Å². The molecule has 1 saturated carbocycles. The Hall–Kier alpha value is -2.64. The summed E-state index contributed by atoms with van der Waals surface area (Å²) in [5.74, 6) is 0.210. The Morgan fingerprint density at radius 2 is 1.93 bits per heavy atom. The SMILES string of the molecule is C=N/C(NC1(C)CC1)=C(\C)C(C(=O)NCc1ccc(C(F)(F)F)cn1)=C(C)C. The van der Waals surface area contributed by atoms with Crippen molar-refractivity contribution in [3.05, 3.63) is 52.1 Å². The molecule has 0 atom stereocenters. The topological polar surface area (TPSA) is 66.4 Å². The van der Waals surface area contributed by atoms with Crippen molar-refractivity contribution in [1.82, 2.24) is 15.6 Å². The third-order valence-electron chi connectivity index (χ3n) is 4.62. The molecule has 0 unspecified atom stereocenters. The molecule has 1 aliphatic carbocycles. The summed E-state index contributed by atoms with van der Waals surface area (Å²) >= 11 is 0. The smallest absolute Gasteiger partial charge is 0.365 e. The predicted octanol–water partition coefficient (Wildman–Crippen LogP) is 4.13. The van der Waals surface area contributed by atoms with E-state index in [9.17, 15) is 18.0 Å². The second-order valence-electron chi connectivity index (χ2n) is 7.41. The van der Waals surface area contributed by atoms with Crippen molar-refractivity contribution in [2.45, 2.75) is 58.8 Å². The lowest BCUT2D eigenvalue weighted by Crippen LogP contribution is -2.30. The summed E-state index contributed by atoms with van der Waals surface area (Å²) < 4.78 is 37.8. The Bertz CT molecular complexity index is 815. The summed E-state index contributed by atoms with van der Waals surface area (Å²) in [6.45, 7) is 11.1. The third kappa shape index (κ3) is 5.43. The lowest BCUT2D eigenvalue weighted by atomic mass is 10.0. The maximum atomic E-state index is 12.7. The molecule has 1 aromatic rings. The van der Waals surface area contributed by atoms with Gasteiger partial charge in [-0.15, -0.1) is 0 Å². The highest BCUT2D eigenvalue weighted by Crippen LogP contribution is 2.36. The van der Waals surface area contributed by atoms with Crippen molar-refractivity contribution >= 4 is 12.6 Å². The van der Waals surface area contributed by atoms with Crippen LogP contribution < -0.4 is 10.6 Å². The van der Waals surface area contributed by atoms with E-state index in [0.29, 0.717) is 22.7 Å². The second-order valence-corrected chi connectivity index (χ2v) is 7.41. The van der Waals surface area contributed by atoms with Crippen LogP contribution in [0.5, 0.6) is 0 Å². The Morgan fingerprint density at radius 1 is 1.29 bits per heavy atom. The van der Waals surface area contributed by atoms with Gasteiger partial charge in [-0.05, 0) is 59.4 Å². The van der Waals surface area contributed by atoms with Gasteiger partial charge in [-0.25, -0.2) is 4.99 Å². The van der Waals surface area contributed by atoms with Crippen LogP contribution in [0.3, 0.4) is 0 Å². The summed E-state index contributed by atoms with van der Waals surface area (Å²) in [5.41, 5.74) is 1.41. The number of carbonyl (C=O) groups excluding carboxylic acids is 1. The van der Waals surface area contributed by atoms with Crippen LogP contribution in [-0.4, -0.2) is 23.1 Å². The zero-order valence-electron chi connectivity index (χ0n) is 16.5. The van der Waals surface area contributed by atoms with Crippen molar-refractivity contribution in [2.75, 3.05) is 0 Å². The fourth-order valence-electron chi connectivity index (χ4n) is 2.70. The van der Waals surface area contributed by atoms with Crippen LogP contribution in [0, 0.1) is 0 Å². The van der Waals surface area contributed by atoms with Crippen molar-refractivity contribution in [2.24, 2.45) is 4.99 Å². The van der Waals surface area contributed by atoms with E-state index in [1.807, 2.05) is 13.8 Å². The van der Waals surface area contributed by atoms with Crippen LogP contribution in [-0.2, 0) is 17.5 Å². The molecule has 8 heteroatoms. The van der Waals surface area contributed by atoms with Crippen molar-refractivity contribution in [1.29, 1.82) is 0 Å². The normalized spacial score (nSPS) is 16.0. The maximum absolute atomic E-state index is 12.7. The van der Waals surface area contributed by atoms with Crippen molar-refractivity contribution < 1.29 is 18.0 Å². The van der Waals surface area contributed by atoms with E-state index in [1.54, 1.807) is 6.92 Å². The van der Waals surface area contributed by atoms with Gasteiger partial charge in [0.15, 0.2) is 0 Å². The Balaban J connectivity index is 2.13. The van der Waals surface area contributed by atoms with E-state index in [4.69, 9.17) is 0 Å². The summed E-state index contributed by atoms with van der Waals surface area (Å²) in [5, 5.41) is 6.03. The van der Waals surface area contributed by atoms with Gasteiger partial charge >= 0.3 is 6.18 Å². The van der Waals surface area contributed by atoms with Gasteiger partial charge in [0.2, 0.25) is 0 Å². The zero-order chi connectivity index (χ0) is 21.1. The average Bonchev–Trinajstić information content (AvgIpc) is 3.34. The standard InChI is InChI=1S/C20H25F3N4O/c1-12(2)16(13(3)17(24-5)27-19(4)8-9-19)18(28)26-11-15-7-6-14(10-25-15)20(21,22)23/h6-7,10,27H,5,8-9,11H2,1-4H3,(H,26,28)/b17-13-. The largest absolute Gasteiger partial charge is 0.417 e. The highest BCUT2D eigenvalue weighted by Gasteiger charge is 2.38. The lowest BCUT2D eigenvalue weighted by molar-refractivity contribution is -0.137. The van der Waals surface area contributed by atoms with Gasteiger partial charge in [-0.2, -0.15) is 13.2 Å². The number of nitrogens with zero attached hydrogens (tertiary/aromatic N) is 2. The molecule has 0 spiro atoms. The van der Waals surface area contributed by atoms with Gasteiger partial charge < -0.3 is 10.6 Å². The van der Waals surface area contributed by atoms with E-state index in [2.05, 4.69) is 34.3 Å². The minimum absolute atomic E-state index is 0.0169. The number of rotatable bonds is 7. The summed E-state index contributed by atoms with van der Waals surface area (Å²) in [6, 6.07) is 2.20.